The standard InChI is InChI=1S/C25H20Cl2N2O5/c1-12-8-14-9-17(12)22-21(14)23(31)29(24(22)32)16-5-2-13(3-6-16)25(33)34-11-20(30)28-19-10-15(26)4-7-18(19)27/h2-8,10,14,17,21-22H,9,11H2,1H3,(H,28,30)/t14-,17+,21+,22+/m0/s1. The van der Waals surface area contributed by atoms with Gasteiger partial charge in [0, 0.05) is 5.02 Å². The molecule has 0 aromatic heterocycles. The SMILES string of the molecule is CC1=C[C@H]2C[C@H]1[C@H]1C(=O)N(c3ccc(C(=O)OCC(=O)Nc4cc(Cl)ccc4Cl)cc3)C(=O)[C@@H]12. The predicted molar refractivity (Wildman–Crippen MR) is 127 cm³/mol. The van der Waals surface area contributed by atoms with E-state index in [0.29, 0.717) is 21.4 Å². The summed E-state index contributed by atoms with van der Waals surface area (Å²) < 4.78 is 5.07. The first-order valence-electron chi connectivity index (χ1n) is 10.8. The third kappa shape index (κ3) is 3.79. The average Bonchev–Trinajstić information content (AvgIpc) is 3.45. The first kappa shape index (κ1) is 22.6. The summed E-state index contributed by atoms with van der Waals surface area (Å²) in [6.45, 7) is 1.50. The molecule has 2 aromatic rings. The molecule has 34 heavy (non-hydrogen) atoms. The molecule has 0 spiro atoms. The molecule has 3 amide bonds. The van der Waals surface area contributed by atoms with Gasteiger partial charge in [0.1, 0.15) is 0 Å². The number of nitrogens with zero attached hydrogens (tertiary/aromatic N) is 1. The number of hydrogen-bond acceptors (Lipinski definition) is 5. The molecule has 2 bridgehead atoms. The topological polar surface area (TPSA) is 92.8 Å². The lowest BCUT2D eigenvalue weighted by atomic mass is 9.82. The molecule has 1 aliphatic heterocycles. The molecule has 1 heterocycles. The van der Waals surface area contributed by atoms with Gasteiger partial charge in [0.15, 0.2) is 6.61 Å². The number of carbonyl (C=O) groups excluding carboxylic acids is 4. The number of imide groups is 1. The van der Waals surface area contributed by atoms with E-state index in [1.54, 1.807) is 24.3 Å². The fourth-order valence-corrected chi connectivity index (χ4v) is 5.61. The van der Waals surface area contributed by atoms with E-state index in [0.717, 1.165) is 6.42 Å². The fraction of sp³-hybridized carbons (Fsp3) is 0.280. The number of anilines is 2. The highest BCUT2D eigenvalue weighted by Gasteiger charge is 2.60. The van der Waals surface area contributed by atoms with Crippen molar-refractivity contribution in [1.29, 1.82) is 0 Å². The average molecular weight is 499 g/mol. The third-order valence-corrected chi connectivity index (χ3v) is 7.34. The Labute approximate surface area is 205 Å². The summed E-state index contributed by atoms with van der Waals surface area (Å²) in [5.74, 6) is -1.98. The number of benzene rings is 2. The van der Waals surface area contributed by atoms with E-state index in [4.69, 9.17) is 27.9 Å². The number of nitrogens with one attached hydrogen (secondary N) is 1. The zero-order valence-electron chi connectivity index (χ0n) is 18.1. The number of esters is 1. The van der Waals surface area contributed by atoms with Crippen molar-refractivity contribution in [3.63, 3.8) is 0 Å². The lowest BCUT2D eigenvalue weighted by Crippen LogP contribution is -2.33. The van der Waals surface area contributed by atoms with Gasteiger partial charge in [0.05, 0.1) is 33.8 Å². The number of allylic oxidation sites excluding steroid dienone is 2. The van der Waals surface area contributed by atoms with Crippen molar-refractivity contribution in [2.45, 2.75) is 13.3 Å². The molecule has 5 rings (SSSR count). The van der Waals surface area contributed by atoms with E-state index in [1.165, 1.54) is 28.7 Å². The van der Waals surface area contributed by atoms with Gasteiger partial charge in [-0.05, 0) is 67.6 Å². The van der Waals surface area contributed by atoms with Crippen LogP contribution in [0.2, 0.25) is 10.0 Å². The van der Waals surface area contributed by atoms with Crippen molar-refractivity contribution < 1.29 is 23.9 Å². The lowest BCUT2D eigenvalue weighted by molar-refractivity contribution is -0.123. The zero-order valence-corrected chi connectivity index (χ0v) is 19.6. The molecular weight excluding hydrogens is 479 g/mol. The largest absolute Gasteiger partial charge is 0.452 e. The third-order valence-electron chi connectivity index (χ3n) is 6.78. The Hall–Kier alpha value is -3.16. The molecule has 2 aromatic carbocycles. The van der Waals surface area contributed by atoms with Gasteiger partial charge in [0.25, 0.3) is 5.91 Å². The van der Waals surface area contributed by atoms with Crippen LogP contribution in [0, 0.1) is 23.7 Å². The van der Waals surface area contributed by atoms with Gasteiger partial charge in [-0.2, -0.15) is 0 Å². The minimum Gasteiger partial charge on any atom is -0.452 e. The van der Waals surface area contributed by atoms with Crippen LogP contribution in [0.4, 0.5) is 11.4 Å². The summed E-state index contributed by atoms with van der Waals surface area (Å²) in [6.07, 6.45) is 2.99. The summed E-state index contributed by atoms with van der Waals surface area (Å²) in [4.78, 5) is 51.8. The number of hydrogen-bond donors (Lipinski definition) is 1. The highest BCUT2D eigenvalue weighted by Crippen LogP contribution is 2.55. The Balaban J connectivity index is 1.21. The normalized spacial score (nSPS) is 24.8. The van der Waals surface area contributed by atoms with Gasteiger partial charge in [-0.25, -0.2) is 4.79 Å². The highest BCUT2D eigenvalue weighted by atomic mass is 35.5. The van der Waals surface area contributed by atoms with Crippen LogP contribution in [0.25, 0.3) is 0 Å². The molecule has 4 atom stereocenters. The molecular formula is C25H20Cl2N2O5. The maximum absolute atomic E-state index is 13.0. The van der Waals surface area contributed by atoms with E-state index in [2.05, 4.69) is 11.4 Å². The quantitative estimate of drug-likeness (QED) is 0.372. The number of rotatable bonds is 5. The van der Waals surface area contributed by atoms with E-state index in [9.17, 15) is 19.2 Å². The second-order valence-electron chi connectivity index (χ2n) is 8.78. The minimum absolute atomic E-state index is 0.124. The summed E-state index contributed by atoms with van der Waals surface area (Å²) in [6, 6.07) is 10.6. The van der Waals surface area contributed by atoms with Crippen molar-refractivity contribution >= 4 is 58.3 Å². The Morgan fingerprint density at radius 1 is 1.06 bits per heavy atom. The molecule has 0 unspecified atom stereocenters. The zero-order chi connectivity index (χ0) is 24.1. The van der Waals surface area contributed by atoms with Crippen molar-refractivity contribution in [1.82, 2.24) is 0 Å². The maximum atomic E-state index is 13.0. The molecule has 3 aliphatic rings. The van der Waals surface area contributed by atoms with Crippen molar-refractivity contribution in [3.05, 3.63) is 69.7 Å². The van der Waals surface area contributed by atoms with Crippen LogP contribution in [-0.4, -0.2) is 30.3 Å². The molecule has 9 heteroatoms. The van der Waals surface area contributed by atoms with Gasteiger partial charge < -0.3 is 10.1 Å². The molecule has 0 radical (unpaired) electrons. The van der Waals surface area contributed by atoms with Crippen LogP contribution >= 0.6 is 23.2 Å². The Morgan fingerprint density at radius 2 is 1.76 bits per heavy atom. The number of carbonyl (C=O) groups is 4. The monoisotopic (exact) mass is 498 g/mol. The van der Waals surface area contributed by atoms with Crippen molar-refractivity contribution in [3.8, 4) is 0 Å². The van der Waals surface area contributed by atoms with E-state index >= 15 is 0 Å². The number of fused-ring (bicyclic) bond motifs is 5. The van der Waals surface area contributed by atoms with E-state index in [-0.39, 0.29) is 41.0 Å². The first-order valence-corrected chi connectivity index (χ1v) is 11.6. The Kier molecular flexibility index (Phi) is 5.70. The Morgan fingerprint density at radius 3 is 2.50 bits per heavy atom. The molecule has 7 nitrogen and oxygen atoms in total. The highest BCUT2D eigenvalue weighted by molar-refractivity contribution is 6.35. The number of ether oxygens (including phenoxy) is 1. The van der Waals surface area contributed by atoms with Crippen molar-refractivity contribution in [2.24, 2.45) is 23.7 Å². The molecule has 1 N–H and O–H groups in total. The first-order chi connectivity index (χ1) is 16.2. The summed E-state index contributed by atoms with van der Waals surface area (Å²) in [7, 11) is 0. The van der Waals surface area contributed by atoms with Gasteiger partial charge in [-0.15, -0.1) is 0 Å². The van der Waals surface area contributed by atoms with Gasteiger partial charge in [-0.3, -0.25) is 19.3 Å². The summed E-state index contributed by atoms with van der Waals surface area (Å²) in [5, 5.41) is 3.23. The molecule has 1 saturated heterocycles. The predicted octanol–water partition coefficient (Wildman–Crippen LogP) is 4.49. The summed E-state index contributed by atoms with van der Waals surface area (Å²) in [5.41, 5.74) is 2.11. The lowest BCUT2D eigenvalue weighted by Gasteiger charge is -2.19. The molecule has 2 aliphatic carbocycles. The van der Waals surface area contributed by atoms with Crippen LogP contribution in [0.5, 0.6) is 0 Å². The molecule has 2 fully saturated rings. The summed E-state index contributed by atoms with van der Waals surface area (Å²) >= 11 is 11.9. The van der Waals surface area contributed by atoms with Gasteiger partial charge >= 0.3 is 5.97 Å². The Bertz CT molecular complexity index is 1260. The van der Waals surface area contributed by atoms with Crippen LogP contribution in [0.3, 0.4) is 0 Å². The van der Waals surface area contributed by atoms with Crippen LogP contribution < -0.4 is 10.2 Å². The fourth-order valence-electron chi connectivity index (χ4n) is 5.27. The second-order valence-corrected chi connectivity index (χ2v) is 9.62. The molecule has 1 saturated carbocycles. The number of halogens is 2. The van der Waals surface area contributed by atoms with Crippen LogP contribution in [-0.2, 0) is 19.1 Å². The van der Waals surface area contributed by atoms with Crippen LogP contribution in [0.15, 0.2) is 54.1 Å². The minimum atomic E-state index is -0.715. The van der Waals surface area contributed by atoms with E-state index < -0.39 is 18.5 Å². The molecule has 174 valence electrons. The van der Waals surface area contributed by atoms with Gasteiger partial charge in [-0.1, -0.05) is 34.9 Å². The number of amides is 3. The van der Waals surface area contributed by atoms with Crippen molar-refractivity contribution in [2.75, 3.05) is 16.8 Å². The van der Waals surface area contributed by atoms with Gasteiger partial charge in [0.2, 0.25) is 11.8 Å². The maximum Gasteiger partial charge on any atom is 0.338 e. The smallest absolute Gasteiger partial charge is 0.338 e. The van der Waals surface area contributed by atoms with E-state index in [1.807, 2.05) is 6.92 Å². The van der Waals surface area contributed by atoms with Crippen LogP contribution in [0.1, 0.15) is 23.7 Å². The second kappa shape index (κ2) is 8.56.